The maximum absolute atomic E-state index is 12.1. The molecule has 1 aliphatic rings. The number of nitrogens with one attached hydrogen (secondary N) is 2. The zero-order chi connectivity index (χ0) is 13.0. The lowest BCUT2D eigenvalue weighted by Gasteiger charge is -2.23. The van der Waals surface area contributed by atoms with Gasteiger partial charge >= 0.3 is 0 Å². The average molecular weight is 248 g/mol. The van der Waals surface area contributed by atoms with Gasteiger partial charge in [0.15, 0.2) is 0 Å². The summed E-state index contributed by atoms with van der Waals surface area (Å²) in [4.78, 5) is 12.1. The van der Waals surface area contributed by atoms with Crippen molar-refractivity contribution >= 4 is 11.6 Å². The Morgan fingerprint density at radius 1 is 1.39 bits per heavy atom. The van der Waals surface area contributed by atoms with Crippen LogP contribution in [0.4, 0.5) is 5.69 Å². The highest BCUT2D eigenvalue weighted by molar-refractivity contribution is 5.95. The quantitative estimate of drug-likeness (QED) is 0.857. The van der Waals surface area contributed by atoms with Crippen LogP contribution in [0, 0.1) is 0 Å². The predicted molar refractivity (Wildman–Crippen MR) is 71.9 cm³/mol. The van der Waals surface area contributed by atoms with Gasteiger partial charge in [0.1, 0.15) is 0 Å². The van der Waals surface area contributed by atoms with Crippen molar-refractivity contribution in [2.45, 2.75) is 25.8 Å². The first-order valence-electron chi connectivity index (χ1n) is 6.37. The van der Waals surface area contributed by atoms with Gasteiger partial charge in [0, 0.05) is 24.4 Å². The number of anilines is 1. The monoisotopic (exact) mass is 248 g/mol. The molecule has 1 heterocycles. The third kappa shape index (κ3) is 3.01. The van der Waals surface area contributed by atoms with E-state index in [0.717, 1.165) is 25.3 Å². The van der Waals surface area contributed by atoms with Crippen LogP contribution in [-0.4, -0.2) is 31.2 Å². The largest absolute Gasteiger partial charge is 0.385 e. The Labute approximate surface area is 108 Å². The molecule has 98 valence electrons. The number of ether oxygens (including phenoxy) is 1. The molecule has 1 unspecified atom stereocenters. The molecule has 0 saturated carbocycles. The summed E-state index contributed by atoms with van der Waals surface area (Å²) in [5.74, 6) is -0.0361. The summed E-state index contributed by atoms with van der Waals surface area (Å²) in [6.07, 6.45) is 0.869. The molecule has 1 atom stereocenters. The summed E-state index contributed by atoms with van der Waals surface area (Å²) in [6.45, 7) is 6.25. The van der Waals surface area contributed by atoms with Crippen molar-refractivity contribution in [3.8, 4) is 0 Å². The number of hydrogen-bond donors (Lipinski definition) is 2. The number of benzene rings is 1. The van der Waals surface area contributed by atoms with Gasteiger partial charge < -0.3 is 15.4 Å². The van der Waals surface area contributed by atoms with Gasteiger partial charge in [-0.05, 0) is 44.5 Å². The van der Waals surface area contributed by atoms with Gasteiger partial charge in [-0.15, -0.1) is 0 Å². The molecule has 1 aromatic rings. The molecule has 0 aromatic heterocycles. The lowest BCUT2D eigenvalue weighted by molar-refractivity contribution is 0.0890. The Balaban J connectivity index is 2.00. The standard InChI is InChI=1S/C14H20N2O2/c1-3-15-12-6-4-11(5-7-12)13(17)16-14(2)8-9-18-10-14/h4-7,15H,3,8-10H2,1-2H3,(H,16,17). The first-order valence-corrected chi connectivity index (χ1v) is 6.37. The minimum atomic E-state index is -0.225. The molecule has 0 radical (unpaired) electrons. The highest BCUT2D eigenvalue weighted by atomic mass is 16.5. The fraction of sp³-hybridized carbons (Fsp3) is 0.500. The molecular weight excluding hydrogens is 228 g/mol. The SMILES string of the molecule is CCNc1ccc(C(=O)NC2(C)CCOC2)cc1. The minimum absolute atomic E-state index is 0.0361. The van der Waals surface area contributed by atoms with E-state index in [4.69, 9.17) is 4.74 Å². The van der Waals surface area contributed by atoms with Crippen LogP contribution in [0.1, 0.15) is 30.6 Å². The van der Waals surface area contributed by atoms with Crippen molar-refractivity contribution in [1.82, 2.24) is 5.32 Å². The summed E-state index contributed by atoms with van der Waals surface area (Å²) in [6, 6.07) is 7.52. The zero-order valence-electron chi connectivity index (χ0n) is 11.0. The molecule has 0 spiro atoms. The lowest BCUT2D eigenvalue weighted by atomic mass is 10.0. The number of hydrogen-bond acceptors (Lipinski definition) is 3. The van der Waals surface area contributed by atoms with Crippen LogP contribution >= 0.6 is 0 Å². The van der Waals surface area contributed by atoms with Crippen LogP contribution in [0.3, 0.4) is 0 Å². The van der Waals surface area contributed by atoms with E-state index >= 15 is 0 Å². The molecule has 18 heavy (non-hydrogen) atoms. The highest BCUT2D eigenvalue weighted by Gasteiger charge is 2.31. The van der Waals surface area contributed by atoms with Crippen molar-refractivity contribution in [2.24, 2.45) is 0 Å². The van der Waals surface area contributed by atoms with E-state index in [0.29, 0.717) is 12.2 Å². The summed E-state index contributed by atoms with van der Waals surface area (Å²) >= 11 is 0. The summed E-state index contributed by atoms with van der Waals surface area (Å²) in [5, 5.41) is 6.24. The van der Waals surface area contributed by atoms with Crippen LogP contribution in [-0.2, 0) is 4.74 Å². The van der Waals surface area contributed by atoms with Gasteiger partial charge in [-0.3, -0.25) is 4.79 Å². The van der Waals surface area contributed by atoms with E-state index in [1.807, 2.05) is 38.1 Å². The highest BCUT2D eigenvalue weighted by Crippen LogP contribution is 2.18. The Bertz CT molecular complexity index is 408. The summed E-state index contributed by atoms with van der Waals surface area (Å²) in [7, 11) is 0. The Hall–Kier alpha value is -1.55. The fourth-order valence-corrected chi connectivity index (χ4v) is 2.06. The Morgan fingerprint density at radius 2 is 2.11 bits per heavy atom. The van der Waals surface area contributed by atoms with Crippen LogP contribution in [0.15, 0.2) is 24.3 Å². The van der Waals surface area contributed by atoms with Gasteiger partial charge in [0.05, 0.1) is 12.1 Å². The van der Waals surface area contributed by atoms with Crippen LogP contribution in [0.25, 0.3) is 0 Å². The first-order chi connectivity index (χ1) is 8.63. The fourth-order valence-electron chi connectivity index (χ4n) is 2.06. The Kier molecular flexibility index (Phi) is 3.87. The molecule has 0 aliphatic carbocycles. The number of carbonyl (C=O) groups excluding carboxylic acids is 1. The van der Waals surface area contributed by atoms with Crippen molar-refractivity contribution < 1.29 is 9.53 Å². The van der Waals surface area contributed by atoms with Gasteiger partial charge in [-0.1, -0.05) is 0 Å². The van der Waals surface area contributed by atoms with Crippen LogP contribution in [0.5, 0.6) is 0 Å². The van der Waals surface area contributed by atoms with Crippen molar-refractivity contribution in [1.29, 1.82) is 0 Å². The number of carbonyl (C=O) groups is 1. The average Bonchev–Trinajstić information content (AvgIpc) is 2.77. The van der Waals surface area contributed by atoms with Crippen LogP contribution in [0.2, 0.25) is 0 Å². The molecule has 2 rings (SSSR count). The Morgan fingerprint density at radius 3 is 2.67 bits per heavy atom. The van der Waals surface area contributed by atoms with Crippen molar-refractivity contribution in [3.05, 3.63) is 29.8 Å². The summed E-state index contributed by atoms with van der Waals surface area (Å²) < 4.78 is 5.32. The second-order valence-corrected chi connectivity index (χ2v) is 4.93. The number of amides is 1. The van der Waals surface area contributed by atoms with Gasteiger partial charge in [0.2, 0.25) is 0 Å². The molecule has 4 nitrogen and oxygen atoms in total. The summed E-state index contributed by atoms with van der Waals surface area (Å²) in [5.41, 5.74) is 1.49. The van der Waals surface area contributed by atoms with Crippen LogP contribution < -0.4 is 10.6 Å². The van der Waals surface area contributed by atoms with E-state index in [9.17, 15) is 4.79 Å². The number of rotatable bonds is 4. The maximum atomic E-state index is 12.1. The normalized spacial score (nSPS) is 22.8. The maximum Gasteiger partial charge on any atom is 0.251 e. The van der Waals surface area contributed by atoms with E-state index in [2.05, 4.69) is 10.6 Å². The van der Waals surface area contributed by atoms with E-state index < -0.39 is 0 Å². The predicted octanol–water partition coefficient (Wildman–Crippen LogP) is 2.03. The van der Waals surface area contributed by atoms with E-state index in [1.54, 1.807) is 0 Å². The molecule has 0 bridgehead atoms. The molecule has 2 N–H and O–H groups in total. The van der Waals surface area contributed by atoms with Crippen molar-refractivity contribution in [2.75, 3.05) is 25.1 Å². The molecule has 1 aliphatic heterocycles. The van der Waals surface area contributed by atoms with E-state index in [-0.39, 0.29) is 11.4 Å². The molecule has 4 heteroatoms. The smallest absolute Gasteiger partial charge is 0.251 e. The zero-order valence-corrected chi connectivity index (χ0v) is 11.0. The molecule has 1 fully saturated rings. The second-order valence-electron chi connectivity index (χ2n) is 4.93. The molecule has 1 aromatic carbocycles. The van der Waals surface area contributed by atoms with Gasteiger partial charge in [-0.25, -0.2) is 0 Å². The topological polar surface area (TPSA) is 50.4 Å². The first kappa shape index (κ1) is 12.9. The van der Waals surface area contributed by atoms with Crippen molar-refractivity contribution in [3.63, 3.8) is 0 Å². The minimum Gasteiger partial charge on any atom is -0.385 e. The second kappa shape index (κ2) is 5.40. The molecule has 1 saturated heterocycles. The lowest BCUT2D eigenvalue weighted by Crippen LogP contribution is -2.46. The van der Waals surface area contributed by atoms with E-state index in [1.165, 1.54) is 0 Å². The van der Waals surface area contributed by atoms with Gasteiger partial charge in [0.25, 0.3) is 5.91 Å². The molecular formula is C14H20N2O2. The van der Waals surface area contributed by atoms with Gasteiger partial charge in [-0.2, -0.15) is 0 Å². The third-order valence-corrected chi connectivity index (χ3v) is 3.16. The third-order valence-electron chi connectivity index (χ3n) is 3.16. The molecule has 1 amide bonds.